The van der Waals surface area contributed by atoms with Gasteiger partial charge in [-0.05, 0) is 44.5 Å². The van der Waals surface area contributed by atoms with E-state index in [1.807, 2.05) is 38.1 Å². The van der Waals surface area contributed by atoms with Crippen LogP contribution in [0.25, 0.3) is 0 Å². The summed E-state index contributed by atoms with van der Waals surface area (Å²) >= 11 is 0. The second kappa shape index (κ2) is 11.6. The molecule has 32 heavy (non-hydrogen) atoms. The number of amides is 1. The number of morpholine rings is 1. The van der Waals surface area contributed by atoms with Crippen molar-refractivity contribution in [3.63, 3.8) is 0 Å². The molecule has 0 atom stereocenters. The fourth-order valence-electron chi connectivity index (χ4n) is 3.55. The van der Waals surface area contributed by atoms with Crippen molar-refractivity contribution in [3.8, 4) is 0 Å². The van der Waals surface area contributed by atoms with Gasteiger partial charge >= 0.3 is 0 Å². The van der Waals surface area contributed by atoms with E-state index in [4.69, 9.17) is 4.74 Å². The molecule has 0 aliphatic carbocycles. The SMILES string of the molecule is Cc1ccc(CN(CC(=O)NCCCN2CCOCC2)S(=O)(=O)c2ccc(C)cc2)cc1. The molecule has 0 aromatic heterocycles. The van der Waals surface area contributed by atoms with Gasteiger partial charge in [0.25, 0.3) is 0 Å². The molecule has 2 aromatic carbocycles. The molecular formula is C24H33N3O4S. The highest BCUT2D eigenvalue weighted by atomic mass is 32.2. The van der Waals surface area contributed by atoms with Crippen molar-refractivity contribution in [2.75, 3.05) is 45.9 Å². The predicted molar refractivity (Wildman–Crippen MR) is 125 cm³/mol. The van der Waals surface area contributed by atoms with E-state index < -0.39 is 10.0 Å². The molecule has 7 nitrogen and oxygen atoms in total. The van der Waals surface area contributed by atoms with Crippen molar-refractivity contribution in [1.82, 2.24) is 14.5 Å². The molecule has 2 aromatic rings. The predicted octanol–water partition coefficient (Wildman–Crippen LogP) is 2.33. The van der Waals surface area contributed by atoms with Crippen molar-refractivity contribution in [3.05, 3.63) is 65.2 Å². The highest BCUT2D eigenvalue weighted by Crippen LogP contribution is 2.19. The first-order valence-corrected chi connectivity index (χ1v) is 12.5. The van der Waals surface area contributed by atoms with E-state index in [1.165, 1.54) is 4.31 Å². The number of hydrogen-bond acceptors (Lipinski definition) is 5. The number of sulfonamides is 1. The minimum Gasteiger partial charge on any atom is -0.379 e. The molecule has 1 amide bonds. The van der Waals surface area contributed by atoms with Crippen LogP contribution in [0.3, 0.4) is 0 Å². The molecule has 3 rings (SSSR count). The van der Waals surface area contributed by atoms with E-state index in [0.717, 1.165) is 56.0 Å². The van der Waals surface area contributed by atoms with Gasteiger partial charge in [-0.25, -0.2) is 8.42 Å². The minimum absolute atomic E-state index is 0.137. The van der Waals surface area contributed by atoms with Crippen LogP contribution in [0.4, 0.5) is 0 Å². The standard InChI is InChI=1S/C24H33N3O4S/c1-20-4-8-22(9-5-20)18-27(32(29,30)23-10-6-21(2)7-11-23)19-24(28)25-12-3-13-26-14-16-31-17-15-26/h4-11H,3,12-19H2,1-2H3,(H,25,28). The summed E-state index contributed by atoms with van der Waals surface area (Å²) in [4.78, 5) is 15.1. The Morgan fingerprint density at radius 2 is 1.59 bits per heavy atom. The minimum atomic E-state index is -3.82. The summed E-state index contributed by atoms with van der Waals surface area (Å²) in [5.74, 6) is -0.297. The fraction of sp³-hybridized carbons (Fsp3) is 0.458. The summed E-state index contributed by atoms with van der Waals surface area (Å²) in [7, 11) is -3.82. The summed E-state index contributed by atoms with van der Waals surface area (Å²) in [6.07, 6.45) is 0.814. The van der Waals surface area contributed by atoms with Crippen LogP contribution in [0.5, 0.6) is 0 Å². The van der Waals surface area contributed by atoms with Gasteiger partial charge in [0.15, 0.2) is 0 Å². The lowest BCUT2D eigenvalue weighted by molar-refractivity contribution is -0.121. The smallest absolute Gasteiger partial charge is 0.243 e. The first-order chi connectivity index (χ1) is 15.3. The lowest BCUT2D eigenvalue weighted by Gasteiger charge is -2.26. The van der Waals surface area contributed by atoms with Crippen LogP contribution in [-0.4, -0.2) is 69.5 Å². The molecule has 1 saturated heterocycles. The third-order valence-electron chi connectivity index (χ3n) is 5.54. The molecule has 0 bridgehead atoms. The maximum absolute atomic E-state index is 13.3. The van der Waals surface area contributed by atoms with E-state index in [2.05, 4.69) is 10.2 Å². The van der Waals surface area contributed by atoms with Crippen molar-refractivity contribution >= 4 is 15.9 Å². The number of rotatable bonds is 10. The lowest BCUT2D eigenvalue weighted by Crippen LogP contribution is -2.41. The Morgan fingerprint density at radius 1 is 1.00 bits per heavy atom. The van der Waals surface area contributed by atoms with Crippen LogP contribution in [0.15, 0.2) is 53.4 Å². The van der Waals surface area contributed by atoms with Crippen LogP contribution in [0.1, 0.15) is 23.1 Å². The zero-order valence-electron chi connectivity index (χ0n) is 18.9. The zero-order chi connectivity index (χ0) is 23.0. The van der Waals surface area contributed by atoms with E-state index in [0.29, 0.717) is 6.54 Å². The fourth-order valence-corrected chi connectivity index (χ4v) is 4.94. The number of nitrogens with one attached hydrogen (secondary N) is 1. The largest absolute Gasteiger partial charge is 0.379 e. The number of nitrogens with zero attached hydrogens (tertiary/aromatic N) is 2. The Labute approximate surface area is 191 Å². The van der Waals surface area contributed by atoms with E-state index in [1.54, 1.807) is 24.3 Å². The highest BCUT2D eigenvalue weighted by molar-refractivity contribution is 7.89. The summed E-state index contributed by atoms with van der Waals surface area (Å²) in [5.41, 5.74) is 2.91. The van der Waals surface area contributed by atoms with Gasteiger partial charge in [-0.2, -0.15) is 4.31 Å². The zero-order valence-corrected chi connectivity index (χ0v) is 19.7. The quantitative estimate of drug-likeness (QED) is 0.552. The number of carbonyl (C=O) groups is 1. The topological polar surface area (TPSA) is 79.0 Å². The Bertz CT molecular complexity index is 969. The Morgan fingerprint density at radius 3 is 2.22 bits per heavy atom. The van der Waals surface area contributed by atoms with Crippen molar-refractivity contribution < 1.29 is 17.9 Å². The average molecular weight is 460 g/mol. The highest BCUT2D eigenvalue weighted by Gasteiger charge is 2.27. The Hall–Kier alpha value is -2.26. The van der Waals surface area contributed by atoms with Gasteiger partial charge in [0.1, 0.15) is 0 Å². The second-order valence-electron chi connectivity index (χ2n) is 8.23. The molecule has 0 spiro atoms. The number of ether oxygens (including phenoxy) is 1. The first kappa shape index (κ1) is 24.4. The lowest BCUT2D eigenvalue weighted by atomic mass is 10.1. The molecule has 0 saturated carbocycles. The summed E-state index contributed by atoms with van der Waals surface area (Å²) in [5, 5.41) is 2.88. The van der Waals surface area contributed by atoms with E-state index in [-0.39, 0.29) is 23.9 Å². The molecule has 1 N–H and O–H groups in total. The summed E-state index contributed by atoms with van der Waals surface area (Å²) in [6.45, 7) is 8.52. The molecule has 1 fully saturated rings. The molecule has 1 heterocycles. The van der Waals surface area contributed by atoms with Gasteiger partial charge in [0.05, 0.1) is 24.7 Å². The molecule has 8 heteroatoms. The molecule has 0 radical (unpaired) electrons. The summed E-state index contributed by atoms with van der Waals surface area (Å²) < 4.78 is 33.2. The van der Waals surface area contributed by atoms with E-state index >= 15 is 0 Å². The maximum Gasteiger partial charge on any atom is 0.243 e. The Kier molecular flexibility index (Phi) is 8.81. The third-order valence-corrected chi connectivity index (χ3v) is 7.34. The normalized spacial score (nSPS) is 15.1. The van der Waals surface area contributed by atoms with Crippen LogP contribution >= 0.6 is 0 Å². The number of carbonyl (C=O) groups excluding carboxylic acids is 1. The molecular weight excluding hydrogens is 426 g/mol. The van der Waals surface area contributed by atoms with Gasteiger partial charge in [-0.3, -0.25) is 9.69 Å². The van der Waals surface area contributed by atoms with Crippen LogP contribution in [0.2, 0.25) is 0 Å². The Balaban J connectivity index is 1.64. The molecule has 1 aliphatic rings. The molecule has 174 valence electrons. The second-order valence-corrected chi connectivity index (χ2v) is 10.2. The van der Waals surface area contributed by atoms with Gasteiger partial charge in [-0.1, -0.05) is 47.5 Å². The first-order valence-electron chi connectivity index (χ1n) is 11.0. The monoisotopic (exact) mass is 459 g/mol. The maximum atomic E-state index is 13.3. The van der Waals surface area contributed by atoms with E-state index in [9.17, 15) is 13.2 Å². The third kappa shape index (κ3) is 7.13. The number of hydrogen-bond donors (Lipinski definition) is 1. The van der Waals surface area contributed by atoms with Crippen molar-refractivity contribution in [2.24, 2.45) is 0 Å². The number of aryl methyl sites for hydroxylation is 2. The van der Waals surface area contributed by atoms with Gasteiger partial charge < -0.3 is 10.1 Å². The average Bonchev–Trinajstić information content (AvgIpc) is 2.79. The molecule has 1 aliphatic heterocycles. The van der Waals surface area contributed by atoms with Crippen molar-refractivity contribution in [2.45, 2.75) is 31.7 Å². The number of benzene rings is 2. The van der Waals surface area contributed by atoms with Gasteiger partial charge in [0, 0.05) is 26.2 Å². The van der Waals surface area contributed by atoms with Crippen LogP contribution < -0.4 is 5.32 Å². The van der Waals surface area contributed by atoms with Crippen LogP contribution in [0, 0.1) is 13.8 Å². The van der Waals surface area contributed by atoms with Crippen molar-refractivity contribution in [1.29, 1.82) is 0 Å². The summed E-state index contributed by atoms with van der Waals surface area (Å²) in [6, 6.07) is 14.4. The molecule has 0 unspecified atom stereocenters. The van der Waals surface area contributed by atoms with Crippen LogP contribution in [-0.2, 0) is 26.1 Å². The van der Waals surface area contributed by atoms with Gasteiger partial charge in [0.2, 0.25) is 15.9 Å². The van der Waals surface area contributed by atoms with Gasteiger partial charge in [-0.15, -0.1) is 0 Å².